The van der Waals surface area contributed by atoms with Gasteiger partial charge in [-0.15, -0.1) is 0 Å². The molecule has 0 saturated carbocycles. The van der Waals surface area contributed by atoms with Gasteiger partial charge in [0.15, 0.2) is 23.4 Å². The van der Waals surface area contributed by atoms with Crippen LogP contribution in [0.15, 0.2) is 28.8 Å². The first-order valence-corrected chi connectivity index (χ1v) is 7.65. The smallest absolute Gasteiger partial charge is 0.339 e. The summed E-state index contributed by atoms with van der Waals surface area (Å²) in [6.45, 7) is 3.44. The quantitative estimate of drug-likeness (QED) is 0.768. The van der Waals surface area contributed by atoms with Crippen LogP contribution in [0.25, 0.3) is 0 Å². The summed E-state index contributed by atoms with van der Waals surface area (Å²) in [7, 11) is 2.97. The van der Waals surface area contributed by atoms with Crippen molar-refractivity contribution in [3.63, 3.8) is 0 Å². The van der Waals surface area contributed by atoms with Crippen LogP contribution in [0.5, 0.6) is 11.5 Å². The molecule has 1 heterocycles. The number of rotatable bonds is 7. The Hall–Kier alpha value is -3.03. The Labute approximate surface area is 145 Å². The van der Waals surface area contributed by atoms with E-state index in [1.54, 1.807) is 26.0 Å². The Bertz CT molecular complexity index is 755. The van der Waals surface area contributed by atoms with Crippen molar-refractivity contribution < 1.29 is 28.3 Å². The summed E-state index contributed by atoms with van der Waals surface area (Å²) < 4.78 is 20.5. The molecule has 0 spiro atoms. The van der Waals surface area contributed by atoms with E-state index in [-0.39, 0.29) is 11.4 Å². The molecule has 1 atom stereocenters. The second kappa shape index (κ2) is 8.18. The predicted octanol–water partition coefficient (Wildman–Crippen LogP) is 2.57. The van der Waals surface area contributed by atoms with E-state index in [9.17, 15) is 9.59 Å². The molecule has 8 heteroatoms. The fourth-order valence-corrected chi connectivity index (χ4v) is 2.11. The summed E-state index contributed by atoms with van der Waals surface area (Å²) >= 11 is 0. The molecule has 134 valence electrons. The first-order chi connectivity index (χ1) is 12.0. The first kappa shape index (κ1) is 18.3. The second-order valence-corrected chi connectivity index (χ2v) is 5.18. The van der Waals surface area contributed by atoms with Crippen molar-refractivity contribution in [2.75, 3.05) is 19.5 Å². The molecule has 1 N–H and O–H groups in total. The van der Waals surface area contributed by atoms with Gasteiger partial charge in [0.1, 0.15) is 5.76 Å². The van der Waals surface area contributed by atoms with Crippen molar-refractivity contribution in [1.29, 1.82) is 0 Å². The average molecular weight is 348 g/mol. The molecule has 8 nitrogen and oxygen atoms in total. The summed E-state index contributed by atoms with van der Waals surface area (Å²) in [6.07, 6.45) is -0.653. The molecular formula is C17H20N2O6. The molecule has 2 aromatic rings. The normalized spacial score (nSPS) is 11.5. The fourth-order valence-electron chi connectivity index (χ4n) is 2.11. The van der Waals surface area contributed by atoms with E-state index in [0.29, 0.717) is 23.7 Å². The number of carbonyl (C=O) groups excluding carboxylic acids is 2. The fraction of sp³-hybridized carbons (Fsp3) is 0.353. The minimum atomic E-state index is -0.961. The summed E-state index contributed by atoms with van der Waals surface area (Å²) in [5, 5.41) is 6.22. The number of hydrogen-bond acceptors (Lipinski definition) is 7. The van der Waals surface area contributed by atoms with Gasteiger partial charge in [-0.1, -0.05) is 12.1 Å². The molecule has 0 radical (unpaired) electrons. The van der Waals surface area contributed by atoms with Gasteiger partial charge >= 0.3 is 5.97 Å². The van der Waals surface area contributed by atoms with Crippen molar-refractivity contribution in [1.82, 2.24) is 5.16 Å². The van der Waals surface area contributed by atoms with Crippen molar-refractivity contribution in [2.24, 2.45) is 0 Å². The Balaban J connectivity index is 2.07. The third-order valence-corrected chi connectivity index (χ3v) is 3.41. The molecule has 1 aromatic heterocycles. The molecular weight excluding hydrogens is 328 g/mol. The lowest BCUT2D eigenvalue weighted by molar-refractivity contribution is -0.124. The molecule has 1 amide bonds. The zero-order valence-electron chi connectivity index (χ0n) is 14.5. The number of nitrogens with zero attached hydrogens (tertiary/aromatic N) is 1. The number of benzene rings is 1. The van der Waals surface area contributed by atoms with E-state index < -0.39 is 18.0 Å². The maximum absolute atomic E-state index is 12.3. The molecule has 0 bridgehead atoms. The Morgan fingerprint density at radius 2 is 1.92 bits per heavy atom. The lowest BCUT2D eigenvalue weighted by Crippen LogP contribution is -2.32. The Morgan fingerprint density at radius 1 is 1.20 bits per heavy atom. The number of anilines is 1. The van der Waals surface area contributed by atoms with Gasteiger partial charge in [-0.2, -0.15) is 0 Å². The van der Waals surface area contributed by atoms with Crippen LogP contribution >= 0.6 is 0 Å². The standard InChI is InChI=1S/C17H20N2O6/c1-5-12(16(20)18-15-8-10(2)25-19-15)24-17(21)11-6-7-13(22-3)14(9-11)23-4/h6-9,12H,5H2,1-4H3,(H,18,19,20)/t12-/m1/s1. The van der Waals surface area contributed by atoms with Gasteiger partial charge in [-0.05, 0) is 31.5 Å². The number of amides is 1. The zero-order chi connectivity index (χ0) is 18.4. The third kappa shape index (κ3) is 4.50. The van der Waals surface area contributed by atoms with Crippen LogP contribution < -0.4 is 14.8 Å². The maximum atomic E-state index is 12.3. The molecule has 0 aliphatic carbocycles. The van der Waals surface area contributed by atoms with Crippen LogP contribution in [0.2, 0.25) is 0 Å². The highest BCUT2D eigenvalue weighted by Gasteiger charge is 2.23. The van der Waals surface area contributed by atoms with Crippen LogP contribution in [-0.4, -0.2) is 37.4 Å². The molecule has 25 heavy (non-hydrogen) atoms. The first-order valence-electron chi connectivity index (χ1n) is 7.65. The number of carbonyl (C=O) groups is 2. The van der Waals surface area contributed by atoms with E-state index in [1.807, 2.05) is 0 Å². The van der Waals surface area contributed by atoms with Gasteiger partial charge in [0.25, 0.3) is 5.91 Å². The van der Waals surface area contributed by atoms with E-state index in [2.05, 4.69) is 10.5 Å². The van der Waals surface area contributed by atoms with E-state index in [0.717, 1.165) is 0 Å². The predicted molar refractivity (Wildman–Crippen MR) is 88.9 cm³/mol. The van der Waals surface area contributed by atoms with Crippen LogP contribution in [0.4, 0.5) is 5.82 Å². The van der Waals surface area contributed by atoms with Gasteiger partial charge in [-0.3, -0.25) is 4.79 Å². The maximum Gasteiger partial charge on any atom is 0.339 e. The lowest BCUT2D eigenvalue weighted by Gasteiger charge is -2.15. The minimum absolute atomic E-state index is 0.251. The number of nitrogens with one attached hydrogen (secondary N) is 1. The molecule has 0 aliphatic heterocycles. The number of aromatic nitrogens is 1. The highest BCUT2D eigenvalue weighted by atomic mass is 16.5. The molecule has 2 rings (SSSR count). The van der Waals surface area contributed by atoms with E-state index >= 15 is 0 Å². The Morgan fingerprint density at radius 3 is 2.48 bits per heavy atom. The highest BCUT2D eigenvalue weighted by molar-refractivity contribution is 5.97. The second-order valence-electron chi connectivity index (χ2n) is 5.18. The SMILES string of the molecule is CC[C@@H](OC(=O)c1ccc(OC)c(OC)c1)C(=O)Nc1cc(C)on1. The van der Waals surface area contributed by atoms with Gasteiger partial charge in [0, 0.05) is 6.07 Å². The van der Waals surface area contributed by atoms with Crippen LogP contribution in [0, 0.1) is 6.92 Å². The van der Waals surface area contributed by atoms with Crippen LogP contribution in [0.1, 0.15) is 29.5 Å². The van der Waals surface area contributed by atoms with Gasteiger partial charge in [0.2, 0.25) is 0 Å². The summed E-state index contributed by atoms with van der Waals surface area (Å²) in [6, 6.07) is 6.19. The number of esters is 1. The molecule has 1 aromatic carbocycles. The highest BCUT2D eigenvalue weighted by Crippen LogP contribution is 2.28. The number of aryl methyl sites for hydroxylation is 1. The average Bonchev–Trinajstić information content (AvgIpc) is 3.03. The van der Waals surface area contributed by atoms with Crippen LogP contribution in [0.3, 0.4) is 0 Å². The zero-order valence-corrected chi connectivity index (χ0v) is 14.5. The topological polar surface area (TPSA) is 99.9 Å². The summed E-state index contributed by atoms with van der Waals surface area (Å²) in [5.41, 5.74) is 0.251. The molecule has 0 saturated heterocycles. The minimum Gasteiger partial charge on any atom is -0.493 e. The van der Waals surface area contributed by atoms with Crippen molar-refractivity contribution >= 4 is 17.7 Å². The summed E-state index contributed by atoms with van der Waals surface area (Å²) in [4.78, 5) is 24.5. The molecule has 0 fully saturated rings. The van der Waals surface area contributed by atoms with Crippen molar-refractivity contribution in [3.05, 3.63) is 35.6 Å². The van der Waals surface area contributed by atoms with Gasteiger partial charge in [0.05, 0.1) is 19.8 Å². The van der Waals surface area contributed by atoms with Gasteiger partial charge in [-0.25, -0.2) is 4.79 Å². The largest absolute Gasteiger partial charge is 0.493 e. The van der Waals surface area contributed by atoms with Crippen molar-refractivity contribution in [3.8, 4) is 11.5 Å². The van der Waals surface area contributed by atoms with Crippen LogP contribution in [-0.2, 0) is 9.53 Å². The Kier molecular flexibility index (Phi) is 5.99. The van der Waals surface area contributed by atoms with E-state index in [4.69, 9.17) is 18.7 Å². The summed E-state index contributed by atoms with van der Waals surface area (Å²) in [5.74, 6) is 0.593. The van der Waals surface area contributed by atoms with E-state index in [1.165, 1.54) is 26.4 Å². The monoisotopic (exact) mass is 348 g/mol. The number of ether oxygens (including phenoxy) is 3. The number of hydrogen-bond donors (Lipinski definition) is 1. The molecule has 0 aliphatic rings. The van der Waals surface area contributed by atoms with Crippen molar-refractivity contribution in [2.45, 2.75) is 26.4 Å². The van der Waals surface area contributed by atoms with Gasteiger partial charge < -0.3 is 24.1 Å². The number of methoxy groups -OCH3 is 2. The molecule has 0 unspecified atom stereocenters. The lowest BCUT2D eigenvalue weighted by atomic mass is 10.2. The third-order valence-electron chi connectivity index (χ3n) is 3.41.